The van der Waals surface area contributed by atoms with E-state index < -0.39 is 0 Å². The third-order valence-corrected chi connectivity index (χ3v) is 6.36. The highest BCUT2D eigenvalue weighted by Crippen LogP contribution is 2.32. The Hall–Kier alpha value is -2.13. The lowest BCUT2D eigenvalue weighted by Crippen LogP contribution is -2.45. The molecule has 7 nitrogen and oxygen atoms in total. The summed E-state index contributed by atoms with van der Waals surface area (Å²) in [4.78, 5) is 22.6. The van der Waals surface area contributed by atoms with Crippen LogP contribution in [0.25, 0.3) is 11.6 Å². The summed E-state index contributed by atoms with van der Waals surface area (Å²) < 4.78 is 5.69. The number of nitrogens with one attached hydrogen (secondary N) is 1. The molecule has 0 saturated heterocycles. The van der Waals surface area contributed by atoms with Crippen molar-refractivity contribution in [1.29, 1.82) is 0 Å². The monoisotopic (exact) mass is 403 g/mol. The number of aromatic amines is 1. The molecule has 4 rings (SSSR count). The number of thiazole rings is 1. The molecule has 0 aliphatic heterocycles. The summed E-state index contributed by atoms with van der Waals surface area (Å²) in [6.45, 7) is 1.88. The molecule has 1 amide bonds. The van der Waals surface area contributed by atoms with E-state index in [0.717, 1.165) is 36.5 Å². The Balaban J connectivity index is 1.49. The van der Waals surface area contributed by atoms with Crippen molar-refractivity contribution in [1.82, 2.24) is 20.2 Å². The molecule has 3 aromatic rings. The third kappa shape index (κ3) is 4.08. The van der Waals surface area contributed by atoms with Crippen molar-refractivity contribution < 1.29 is 9.21 Å². The van der Waals surface area contributed by atoms with E-state index in [1.807, 2.05) is 29.3 Å². The number of thioether (sulfide) groups is 1. The molecule has 142 valence electrons. The zero-order valence-electron chi connectivity index (χ0n) is 15.0. The Morgan fingerprint density at radius 3 is 2.93 bits per heavy atom. The largest absolute Gasteiger partial charge is 0.410 e. The Labute approximate surface area is 165 Å². The van der Waals surface area contributed by atoms with Crippen molar-refractivity contribution in [3.8, 4) is 11.6 Å². The number of carbonyl (C=O) groups excluding carboxylic acids is 1. The zero-order valence-corrected chi connectivity index (χ0v) is 16.6. The Kier molecular flexibility index (Phi) is 5.58. The highest BCUT2D eigenvalue weighted by Gasteiger charge is 2.32. The minimum atomic E-state index is -0.340. The summed E-state index contributed by atoms with van der Waals surface area (Å²) >= 11 is 2.80. The van der Waals surface area contributed by atoms with Crippen molar-refractivity contribution in [3.63, 3.8) is 0 Å². The Morgan fingerprint density at radius 1 is 1.37 bits per heavy atom. The molecule has 1 aliphatic rings. The van der Waals surface area contributed by atoms with Crippen LogP contribution in [0.2, 0.25) is 0 Å². The molecule has 27 heavy (non-hydrogen) atoms. The average Bonchev–Trinajstić information content (AvgIpc) is 3.45. The van der Waals surface area contributed by atoms with Crippen LogP contribution < -0.4 is 4.90 Å². The molecule has 1 unspecified atom stereocenters. The maximum absolute atomic E-state index is 13.3. The summed E-state index contributed by atoms with van der Waals surface area (Å²) in [5.41, 5.74) is 0.764. The fraction of sp³-hybridized carbons (Fsp3) is 0.444. The van der Waals surface area contributed by atoms with Crippen LogP contribution in [-0.4, -0.2) is 37.4 Å². The van der Waals surface area contributed by atoms with Gasteiger partial charge in [0, 0.05) is 23.8 Å². The standard InChI is InChI=1S/C18H21N5O2S2/c1-12(27-18-22-21-15(25-18)14-8-5-9-19-14)16(24)23(17-20-10-11-26-17)13-6-3-2-4-7-13/h5,8-13,19H,2-4,6-7H2,1H3. The van der Waals surface area contributed by atoms with Gasteiger partial charge in [-0.3, -0.25) is 9.69 Å². The van der Waals surface area contributed by atoms with E-state index in [2.05, 4.69) is 20.2 Å². The van der Waals surface area contributed by atoms with Crippen LogP contribution in [0.4, 0.5) is 5.13 Å². The van der Waals surface area contributed by atoms with E-state index in [-0.39, 0.29) is 17.2 Å². The number of aromatic nitrogens is 4. The second kappa shape index (κ2) is 8.26. The molecular formula is C18H21N5O2S2. The van der Waals surface area contributed by atoms with Crippen molar-refractivity contribution in [2.75, 3.05) is 4.90 Å². The summed E-state index contributed by atoms with van der Waals surface area (Å²) in [6, 6.07) is 3.95. The van der Waals surface area contributed by atoms with Crippen LogP contribution in [0.3, 0.4) is 0 Å². The van der Waals surface area contributed by atoms with E-state index >= 15 is 0 Å². The van der Waals surface area contributed by atoms with Gasteiger partial charge >= 0.3 is 0 Å². The first-order chi connectivity index (χ1) is 13.2. The molecule has 1 aliphatic carbocycles. The third-order valence-electron chi connectivity index (χ3n) is 4.66. The van der Waals surface area contributed by atoms with Gasteiger partial charge in [-0.2, -0.15) is 0 Å². The van der Waals surface area contributed by atoms with Gasteiger partial charge in [-0.05, 0) is 31.9 Å². The van der Waals surface area contributed by atoms with Crippen LogP contribution in [0.15, 0.2) is 39.5 Å². The predicted octanol–water partition coefficient (Wildman–Crippen LogP) is 4.37. The molecule has 3 heterocycles. The quantitative estimate of drug-likeness (QED) is 0.615. The minimum Gasteiger partial charge on any atom is -0.410 e. The number of hydrogen-bond donors (Lipinski definition) is 1. The number of nitrogens with zero attached hydrogens (tertiary/aromatic N) is 4. The number of carbonyl (C=O) groups is 1. The van der Waals surface area contributed by atoms with Gasteiger partial charge in [0.25, 0.3) is 11.1 Å². The highest BCUT2D eigenvalue weighted by molar-refractivity contribution is 8.00. The normalized spacial score (nSPS) is 16.3. The van der Waals surface area contributed by atoms with Gasteiger partial charge in [0.2, 0.25) is 5.91 Å². The van der Waals surface area contributed by atoms with E-state index in [9.17, 15) is 4.79 Å². The molecule has 0 bridgehead atoms. The second-order valence-corrected chi connectivity index (χ2v) is 8.70. The van der Waals surface area contributed by atoms with E-state index in [1.54, 1.807) is 12.4 Å². The molecule has 3 aromatic heterocycles. The highest BCUT2D eigenvalue weighted by atomic mass is 32.2. The van der Waals surface area contributed by atoms with E-state index in [0.29, 0.717) is 11.1 Å². The number of anilines is 1. The lowest BCUT2D eigenvalue weighted by atomic mass is 9.94. The molecule has 0 radical (unpaired) electrons. The van der Waals surface area contributed by atoms with Gasteiger partial charge in [0.05, 0.1) is 5.25 Å². The summed E-state index contributed by atoms with van der Waals surface area (Å²) in [7, 11) is 0. The van der Waals surface area contributed by atoms with Crippen molar-refractivity contribution >= 4 is 34.1 Å². The summed E-state index contributed by atoms with van der Waals surface area (Å²) in [6.07, 6.45) is 9.16. The van der Waals surface area contributed by atoms with Gasteiger partial charge < -0.3 is 9.40 Å². The summed E-state index contributed by atoms with van der Waals surface area (Å²) in [5.74, 6) is 0.465. The summed E-state index contributed by atoms with van der Waals surface area (Å²) in [5, 5.41) is 10.9. The molecule has 1 saturated carbocycles. The van der Waals surface area contributed by atoms with Crippen LogP contribution in [0.5, 0.6) is 0 Å². The van der Waals surface area contributed by atoms with Crippen LogP contribution in [-0.2, 0) is 4.79 Å². The van der Waals surface area contributed by atoms with E-state index in [4.69, 9.17) is 4.42 Å². The van der Waals surface area contributed by atoms with E-state index in [1.165, 1.54) is 29.5 Å². The molecular weight excluding hydrogens is 382 g/mol. The SMILES string of the molecule is CC(Sc1nnc(-c2ccc[nH]2)o1)C(=O)N(c1nccs1)C1CCCCC1. The maximum atomic E-state index is 13.3. The lowest BCUT2D eigenvalue weighted by Gasteiger charge is -2.33. The van der Waals surface area contributed by atoms with Gasteiger partial charge in [0.15, 0.2) is 5.13 Å². The first kappa shape index (κ1) is 18.2. The zero-order chi connectivity index (χ0) is 18.6. The van der Waals surface area contributed by atoms with Crippen molar-refractivity contribution in [3.05, 3.63) is 29.9 Å². The van der Waals surface area contributed by atoms with Gasteiger partial charge in [-0.1, -0.05) is 31.0 Å². The predicted molar refractivity (Wildman–Crippen MR) is 106 cm³/mol. The molecule has 1 N–H and O–H groups in total. The van der Waals surface area contributed by atoms with Gasteiger partial charge in [-0.15, -0.1) is 21.5 Å². The van der Waals surface area contributed by atoms with Crippen LogP contribution in [0, 0.1) is 0 Å². The molecule has 9 heteroatoms. The lowest BCUT2D eigenvalue weighted by molar-refractivity contribution is -0.118. The van der Waals surface area contributed by atoms with Gasteiger partial charge in [0.1, 0.15) is 5.69 Å². The Morgan fingerprint density at radius 2 is 2.22 bits per heavy atom. The molecule has 1 fully saturated rings. The first-order valence-electron chi connectivity index (χ1n) is 9.09. The maximum Gasteiger partial charge on any atom is 0.277 e. The molecule has 0 aromatic carbocycles. The first-order valence-corrected chi connectivity index (χ1v) is 10.8. The number of amides is 1. The van der Waals surface area contributed by atoms with Crippen LogP contribution >= 0.6 is 23.1 Å². The smallest absolute Gasteiger partial charge is 0.277 e. The number of H-pyrrole nitrogens is 1. The number of rotatable bonds is 6. The Bertz CT molecular complexity index is 856. The molecule has 0 spiro atoms. The number of hydrogen-bond acceptors (Lipinski definition) is 7. The van der Waals surface area contributed by atoms with Crippen LogP contribution in [0.1, 0.15) is 39.0 Å². The minimum absolute atomic E-state index is 0.0430. The average molecular weight is 404 g/mol. The van der Waals surface area contributed by atoms with Crippen molar-refractivity contribution in [2.45, 2.75) is 55.5 Å². The topological polar surface area (TPSA) is 87.9 Å². The molecule has 1 atom stereocenters. The fourth-order valence-electron chi connectivity index (χ4n) is 3.33. The fourth-order valence-corrected chi connectivity index (χ4v) is 4.78. The van der Waals surface area contributed by atoms with Gasteiger partial charge in [-0.25, -0.2) is 4.98 Å². The second-order valence-electron chi connectivity index (χ2n) is 6.53. The van der Waals surface area contributed by atoms with Crippen molar-refractivity contribution in [2.24, 2.45) is 0 Å².